The van der Waals surface area contributed by atoms with Gasteiger partial charge in [0.05, 0.1) is 12.1 Å². The molecule has 3 aromatic rings. The number of benzene rings is 2. The second-order valence-electron chi connectivity index (χ2n) is 6.39. The molecule has 26 heavy (non-hydrogen) atoms. The highest BCUT2D eigenvalue weighted by atomic mass is 19.1. The molecule has 2 aromatic carbocycles. The number of hydrogen-bond acceptors (Lipinski definition) is 2. The maximum absolute atomic E-state index is 14.0. The number of hydrogen-bond donors (Lipinski definition) is 3. The van der Waals surface area contributed by atoms with Gasteiger partial charge in [0.15, 0.2) is 0 Å². The summed E-state index contributed by atoms with van der Waals surface area (Å²) in [6.45, 7) is 2.50. The van der Waals surface area contributed by atoms with Gasteiger partial charge in [0, 0.05) is 16.5 Å². The van der Waals surface area contributed by atoms with Gasteiger partial charge in [-0.1, -0.05) is 36.8 Å². The molecule has 136 valence electrons. The molecule has 2 heterocycles. The van der Waals surface area contributed by atoms with Crippen LogP contribution in [0.5, 0.6) is 0 Å². The van der Waals surface area contributed by atoms with Crippen LogP contribution in [0, 0.1) is 5.82 Å². The average Bonchev–Trinajstić information content (AvgIpc) is 3.02. The topological polar surface area (TPSA) is 65.1 Å². The minimum absolute atomic E-state index is 0.145. The van der Waals surface area contributed by atoms with Crippen molar-refractivity contribution in [1.29, 1.82) is 0 Å². The lowest BCUT2D eigenvalue weighted by atomic mass is 10.0. The summed E-state index contributed by atoms with van der Waals surface area (Å²) in [6, 6.07) is 13.7. The van der Waals surface area contributed by atoms with Crippen molar-refractivity contribution in [3.63, 3.8) is 0 Å². The summed E-state index contributed by atoms with van der Waals surface area (Å²) in [7, 11) is 0. The van der Waals surface area contributed by atoms with Gasteiger partial charge >= 0.3 is 5.97 Å². The van der Waals surface area contributed by atoms with Gasteiger partial charge in [0.2, 0.25) is 0 Å². The van der Waals surface area contributed by atoms with Crippen molar-refractivity contribution in [2.75, 3.05) is 13.1 Å². The normalized spacial score (nSPS) is 13.9. The number of carboxylic acid groups (broad SMARTS) is 1. The molecule has 3 N–H and O–H groups in total. The predicted molar refractivity (Wildman–Crippen MR) is 102 cm³/mol. The van der Waals surface area contributed by atoms with Gasteiger partial charge in [0.1, 0.15) is 5.82 Å². The molecule has 0 saturated carbocycles. The summed E-state index contributed by atoms with van der Waals surface area (Å²) < 4.78 is 14.0. The van der Waals surface area contributed by atoms with E-state index in [9.17, 15) is 9.18 Å². The molecule has 1 fully saturated rings. The van der Waals surface area contributed by atoms with Gasteiger partial charge in [-0.15, -0.1) is 0 Å². The Morgan fingerprint density at radius 1 is 1.00 bits per heavy atom. The van der Waals surface area contributed by atoms with E-state index in [1.54, 1.807) is 18.2 Å². The standard InChI is InChI=1S/C16H12FNO2.C5H11N/c17-13-7-3-1-6-11(13)16-12(9-15(19)20)10-5-2-4-8-14(10)18-16;1-2-4-6-5-3-1/h1-8,18H,9H2,(H,19,20);6H,1-5H2. The number of fused-ring (bicyclic) bond motifs is 1. The Balaban J connectivity index is 0.000000278. The highest BCUT2D eigenvalue weighted by Crippen LogP contribution is 2.32. The highest BCUT2D eigenvalue weighted by Gasteiger charge is 2.17. The van der Waals surface area contributed by atoms with Gasteiger partial charge in [-0.25, -0.2) is 4.39 Å². The minimum atomic E-state index is -0.938. The van der Waals surface area contributed by atoms with Gasteiger partial charge < -0.3 is 15.4 Å². The van der Waals surface area contributed by atoms with E-state index in [1.165, 1.54) is 38.4 Å². The number of carbonyl (C=O) groups is 1. The van der Waals surface area contributed by atoms with Crippen molar-refractivity contribution in [3.8, 4) is 11.3 Å². The molecule has 5 heteroatoms. The zero-order valence-corrected chi connectivity index (χ0v) is 14.6. The second-order valence-corrected chi connectivity index (χ2v) is 6.39. The van der Waals surface area contributed by atoms with E-state index in [0.717, 1.165) is 10.9 Å². The number of aromatic amines is 1. The van der Waals surface area contributed by atoms with Gasteiger partial charge in [-0.05, 0) is 49.7 Å². The zero-order valence-electron chi connectivity index (χ0n) is 14.6. The van der Waals surface area contributed by atoms with Crippen LogP contribution < -0.4 is 5.32 Å². The lowest BCUT2D eigenvalue weighted by Crippen LogP contribution is -2.21. The van der Waals surface area contributed by atoms with E-state index in [-0.39, 0.29) is 12.2 Å². The molecule has 1 aliphatic heterocycles. The largest absolute Gasteiger partial charge is 0.481 e. The Kier molecular flexibility index (Phi) is 6.02. The van der Waals surface area contributed by atoms with Gasteiger partial charge in [-0.2, -0.15) is 0 Å². The number of nitrogens with one attached hydrogen (secondary N) is 2. The van der Waals surface area contributed by atoms with E-state index >= 15 is 0 Å². The van der Waals surface area contributed by atoms with Gasteiger partial charge in [-0.3, -0.25) is 4.79 Å². The summed E-state index contributed by atoms with van der Waals surface area (Å²) in [5.41, 5.74) is 2.34. The summed E-state index contributed by atoms with van der Waals surface area (Å²) in [6.07, 6.45) is 4.07. The molecule has 0 spiro atoms. The van der Waals surface area contributed by atoms with Crippen LogP contribution in [0.1, 0.15) is 24.8 Å². The maximum atomic E-state index is 14.0. The Morgan fingerprint density at radius 2 is 1.69 bits per heavy atom. The van der Waals surface area contributed by atoms with Crippen LogP contribution >= 0.6 is 0 Å². The lowest BCUT2D eigenvalue weighted by molar-refractivity contribution is -0.136. The third-order valence-corrected chi connectivity index (χ3v) is 4.49. The molecular formula is C21H23FN2O2. The fourth-order valence-corrected chi connectivity index (χ4v) is 3.23. The first-order valence-corrected chi connectivity index (χ1v) is 8.94. The monoisotopic (exact) mass is 354 g/mol. The van der Waals surface area contributed by atoms with Crippen LogP contribution in [-0.4, -0.2) is 29.1 Å². The quantitative estimate of drug-likeness (QED) is 0.655. The van der Waals surface area contributed by atoms with E-state index in [0.29, 0.717) is 16.8 Å². The number of aliphatic carboxylic acids is 1. The van der Waals surface area contributed by atoms with Crippen molar-refractivity contribution >= 4 is 16.9 Å². The number of para-hydroxylation sites is 1. The molecular weight excluding hydrogens is 331 g/mol. The van der Waals surface area contributed by atoms with Crippen molar-refractivity contribution in [2.45, 2.75) is 25.7 Å². The van der Waals surface area contributed by atoms with Crippen molar-refractivity contribution in [1.82, 2.24) is 10.3 Å². The molecule has 1 aliphatic rings. The molecule has 4 nitrogen and oxygen atoms in total. The van der Waals surface area contributed by atoms with Gasteiger partial charge in [0.25, 0.3) is 0 Å². The zero-order chi connectivity index (χ0) is 18.4. The maximum Gasteiger partial charge on any atom is 0.307 e. The molecule has 0 aliphatic carbocycles. The highest BCUT2D eigenvalue weighted by molar-refractivity contribution is 5.93. The molecule has 1 aromatic heterocycles. The Hall–Kier alpha value is -2.66. The van der Waals surface area contributed by atoms with Crippen LogP contribution in [0.15, 0.2) is 48.5 Å². The van der Waals surface area contributed by atoms with Crippen molar-refractivity contribution in [2.24, 2.45) is 0 Å². The summed E-state index contributed by atoms with van der Waals surface area (Å²) in [5.74, 6) is -1.31. The van der Waals surface area contributed by atoms with E-state index < -0.39 is 5.97 Å². The predicted octanol–water partition coefficient (Wildman–Crippen LogP) is 4.36. The van der Waals surface area contributed by atoms with Crippen LogP contribution in [0.4, 0.5) is 4.39 Å². The molecule has 0 radical (unpaired) electrons. The molecule has 1 saturated heterocycles. The molecule has 0 unspecified atom stereocenters. The molecule has 0 atom stereocenters. The number of H-pyrrole nitrogens is 1. The molecule has 0 bridgehead atoms. The first kappa shape index (κ1) is 18.1. The smallest absolute Gasteiger partial charge is 0.307 e. The third kappa shape index (κ3) is 4.29. The number of rotatable bonds is 3. The summed E-state index contributed by atoms with van der Waals surface area (Å²) in [5, 5.41) is 13.2. The number of aromatic nitrogens is 1. The van der Waals surface area contributed by atoms with Crippen molar-refractivity contribution < 1.29 is 14.3 Å². The van der Waals surface area contributed by atoms with Crippen LogP contribution in [-0.2, 0) is 11.2 Å². The Bertz CT molecular complexity index is 873. The van der Waals surface area contributed by atoms with Crippen LogP contribution in [0.2, 0.25) is 0 Å². The average molecular weight is 354 g/mol. The van der Waals surface area contributed by atoms with Crippen molar-refractivity contribution in [3.05, 3.63) is 59.9 Å². The molecule has 0 amide bonds. The fraction of sp³-hybridized carbons (Fsp3) is 0.286. The SMILES string of the molecule is C1CCNCC1.O=C(O)Cc1c(-c2ccccc2F)[nH]c2ccccc12. The summed E-state index contributed by atoms with van der Waals surface area (Å²) >= 11 is 0. The fourth-order valence-electron chi connectivity index (χ4n) is 3.23. The van der Waals surface area contributed by atoms with E-state index in [4.69, 9.17) is 5.11 Å². The van der Waals surface area contributed by atoms with Crippen LogP contribution in [0.25, 0.3) is 22.2 Å². The Labute approximate surface area is 152 Å². The van der Waals surface area contributed by atoms with E-state index in [1.807, 2.05) is 24.3 Å². The Morgan fingerprint density at radius 3 is 2.31 bits per heavy atom. The number of carboxylic acids is 1. The third-order valence-electron chi connectivity index (χ3n) is 4.49. The first-order chi connectivity index (χ1) is 12.7. The number of halogens is 1. The minimum Gasteiger partial charge on any atom is -0.481 e. The lowest BCUT2D eigenvalue weighted by Gasteiger charge is -2.08. The first-order valence-electron chi connectivity index (χ1n) is 8.94. The van der Waals surface area contributed by atoms with Crippen LogP contribution in [0.3, 0.4) is 0 Å². The van der Waals surface area contributed by atoms with E-state index in [2.05, 4.69) is 10.3 Å². The number of piperidine rings is 1. The summed E-state index contributed by atoms with van der Waals surface area (Å²) in [4.78, 5) is 14.2. The molecule has 4 rings (SSSR count). The second kappa shape index (κ2) is 8.63.